The largest absolute Gasteiger partial charge is 0.335 e. The molecular formula is C14H20ClNOS. The Morgan fingerprint density at radius 1 is 1.56 bits per heavy atom. The van der Waals surface area contributed by atoms with Gasteiger partial charge in [-0.05, 0) is 49.1 Å². The number of nitrogens with zero attached hydrogens (tertiary/aromatic N) is 1. The molecule has 1 unspecified atom stereocenters. The van der Waals surface area contributed by atoms with Gasteiger partial charge in [-0.15, -0.1) is 22.9 Å². The number of alkyl halides is 1. The lowest BCUT2D eigenvalue weighted by Gasteiger charge is -2.35. The number of piperidine rings is 1. The third-order valence-corrected chi connectivity index (χ3v) is 4.82. The molecule has 1 aliphatic heterocycles. The highest BCUT2D eigenvalue weighted by Crippen LogP contribution is 2.26. The molecule has 1 aromatic rings. The monoisotopic (exact) mass is 285 g/mol. The van der Waals surface area contributed by atoms with Crippen LogP contribution < -0.4 is 0 Å². The second kappa shape index (κ2) is 6.58. The molecule has 0 radical (unpaired) electrons. The van der Waals surface area contributed by atoms with Crippen LogP contribution in [0.3, 0.4) is 0 Å². The third kappa shape index (κ3) is 2.89. The molecule has 1 atom stereocenters. The molecule has 1 amide bonds. The number of thiophene rings is 1. The maximum Gasteiger partial charge on any atom is 0.264 e. The average Bonchev–Trinajstić information content (AvgIpc) is 2.87. The fourth-order valence-electron chi connectivity index (χ4n) is 2.63. The van der Waals surface area contributed by atoms with Gasteiger partial charge in [0.2, 0.25) is 0 Å². The Kier molecular flexibility index (Phi) is 5.07. The number of amides is 1. The number of hydrogen-bond donors (Lipinski definition) is 0. The van der Waals surface area contributed by atoms with E-state index in [1.165, 1.54) is 12.0 Å². The van der Waals surface area contributed by atoms with E-state index in [2.05, 4.69) is 17.9 Å². The van der Waals surface area contributed by atoms with Crippen LogP contribution in [0.1, 0.15) is 47.8 Å². The number of rotatable bonds is 4. The second-order valence-electron chi connectivity index (χ2n) is 4.75. The molecule has 18 heavy (non-hydrogen) atoms. The zero-order valence-corrected chi connectivity index (χ0v) is 12.4. The number of carbonyl (C=O) groups is 1. The highest BCUT2D eigenvalue weighted by molar-refractivity contribution is 7.12. The van der Waals surface area contributed by atoms with Crippen LogP contribution >= 0.6 is 22.9 Å². The van der Waals surface area contributed by atoms with Gasteiger partial charge in [-0.1, -0.05) is 6.92 Å². The minimum absolute atomic E-state index is 0.219. The number of halogens is 1. The Labute approximate surface area is 118 Å². The van der Waals surface area contributed by atoms with E-state index in [-0.39, 0.29) is 5.91 Å². The van der Waals surface area contributed by atoms with Crippen LogP contribution in [0.4, 0.5) is 0 Å². The fraction of sp³-hybridized carbons (Fsp3) is 0.643. The lowest BCUT2D eigenvalue weighted by Crippen LogP contribution is -2.43. The summed E-state index contributed by atoms with van der Waals surface area (Å²) in [6.45, 7) is 2.99. The summed E-state index contributed by atoms with van der Waals surface area (Å²) in [6.07, 6.45) is 5.29. The van der Waals surface area contributed by atoms with Crippen molar-refractivity contribution in [3.05, 3.63) is 21.9 Å². The van der Waals surface area contributed by atoms with E-state index in [1.807, 2.05) is 5.38 Å². The maximum atomic E-state index is 12.6. The lowest BCUT2D eigenvalue weighted by atomic mass is 9.99. The number of hydrogen-bond acceptors (Lipinski definition) is 2. The van der Waals surface area contributed by atoms with E-state index in [4.69, 9.17) is 11.6 Å². The Bertz CT molecular complexity index is 402. The first-order valence-electron chi connectivity index (χ1n) is 6.71. The summed E-state index contributed by atoms with van der Waals surface area (Å²) in [5.74, 6) is 0.858. The number of aryl methyl sites for hydroxylation is 1. The van der Waals surface area contributed by atoms with Gasteiger partial charge in [0.1, 0.15) is 0 Å². The average molecular weight is 286 g/mol. The fourth-order valence-corrected chi connectivity index (χ4v) is 3.83. The van der Waals surface area contributed by atoms with E-state index in [9.17, 15) is 4.79 Å². The van der Waals surface area contributed by atoms with Gasteiger partial charge in [0.15, 0.2) is 0 Å². The maximum absolute atomic E-state index is 12.6. The van der Waals surface area contributed by atoms with Crippen molar-refractivity contribution in [3.8, 4) is 0 Å². The minimum Gasteiger partial charge on any atom is -0.335 e. The Morgan fingerprint density at radius 3 is 3.11 bits per heavy atom. The normalized spacial score (nSPS) is 20.1. The van der Waals surface area contributed by atoms with Gasteiger partial charge < -0.3 is 4.90 Å². The van der Waals surface area contributed by atoms with E-state index in [1.54, 1.807) is 11.3 Å². The summed E-state index contributed by atoms with van der Waals surface area (Å²) in [6, 6.07) is 2.41. The summed E-state index contributed by atoms with van der Waals surface area (Å²) >= 11 is 7.42. The molecule has 0 saturated carbocycles. The van der Waals surface area contributed by atoms with E-state index in [0.717, 1.165) is 37.1 Å². The molecule has 1 aliphatic rings. The number of likely N-dealkylation sites (tertiary alicyclic amines) is 1. The Morgan fingerprint density at radius 2 is 2.39 bits per heavy atom. The topological polar surface area (TPSA) is 20.3 Å². The van der Waals surface area contributed by atoms with Gasteiger partial charge in [0.05, 0.1) is 4.88 Å². The molecular weight excluding hydrogens is 266 g/mol. The zero-order chi connectivity index (χ0) is 13.0. The molecule has 1 saturated heterocycles. The van der Waals surface area contributed by atoms with E-state index >= 15 is 0 Å². The van der Waals surface area contributed by atoms with Gasteiger partial charge in [-0.2, -0.15) is 0 Å². The lowest BCUT2D eigenvalue weighted by molar-refractivity contribution is 0.0613. The molecule has 0 aromatic carbocycles. The molecule has 0 aliphatic carbocycles. The summed E-state index contributed by atoms with van der Waals surface area (Å²) < 4.78 is 0. The van der Waals surface area contributed by atoms with Crippen molar-refractivity contribution in [1.82, 2.24) is 4.90 Å². The van der Waals surface area contributed by atoms with Crippen LogP contribution in [0, 0.1) is 0 Å². The Balaban J connectivity index is 2.15. The molecule has 2 heterocycles. The van der Waals surface area contributed by atoms with Crippen molar-refractivity contribution in [2.24, 2.45) is 0 Å². The van der Waals surface area contributed by atoms with E-state index in [0.29, 0.717) is 11.9 Å². The molecule has 0 spiro atoms. The molecule has 2 nitrogen and oxygen atoms in total. The van der Waals surface area contributed by atoms with Gasteiger partial charge in [0, 0.05) is 18.5 Å². The third-order valence-electron chi connectivity index (χ3n) is 3.65. The van der Waals surface area contributed by atoms with Crippen molar-refractivity contribution in [2.45, 2.75) is 45.1 Å². The number of carbonyl (C=O) groups excluding carboxylic acids is 1. The van der Waals surface area contributed by atoms with Gasteiger partial charge >= 0.3 is 0 Å². The van der Waals surface area contributed by atoms with Gasteiger partial charge in [-0.25, -0.2) is 0 Å². The second-order valence-corrected chi connectivity index (χ2v) is 6.05. The molecule has 1 fully saturated rings. The quantitative estimate of drug-likeness (QED) is 0.768. The molecule has 100 valence electrons. The molecule has 4 heteroatoms. The smallest absolute Gasteiger partial charge is 0.264 e. The first-order chi connectivity index (χ1) is 8.77. The summed E-state index contributed by atoms with van der Waals surface area (Å²) in [5, 5.41) is 2.02. The van der Waals surface area contributed by atoms with Crippen LogP contribution in [-0.2, 0) is 6.42 Å². The van der Waals surface area contributed by atoms with Crippen LogP contribution in [0.25, 0.3) is 0 Å². The predicted molar refractivity (Wildman–Crippen MR) is 77.7 cm³/mol. The SMILES string of the molecule is CCc1ccsc1C(=O)N1CCCCC1CCCl. The standard InChI is InChI=1S/C14H20ClNOS/c1-2-11-7-10-18-13(11)14(17)16-9-4-3-5-12(16)6-8-15/h7,10,12H,2-6,8-9H2,1H3. The van der Waals surface area contributed by atoms with Crippen molar-refractivity contribution in [1.29, 1.82) is 0 Å². The highest BCUT2D eigenvalue weighted by atomic mass is 35.5. The highest BCUT2D eigenvalue weighted by Gasteiger charge is 2.28. The molecule has 1 aromatic heterocycles. The van der Waals surface area contributed by atoms with Crippen LogP contribution in [0.2, 0.25) is 0 Å². The van der Waals surface area contributed by atoms with Crippen molar-refractivity contribution in [2.75, 3.05) is 12.4 Å². The summed E-state index contributed by atoms with van der Waals surface area (Å²) in [5.41, 5.74) is 1.18. The van der Waals surface area contributed by atoms with Gasteiger partial charge in [0.25, 0.3) is 5.91 Å². The van der Waals surface area contributed by atoms with E-state index < -0.39 is 0 Å². The van der Waals surface area contributed by atoms with Crippen LogP contribution in [0.5, 0.6) is 0 Å². The molecule has 0 N–H and O–H groups in total. The van der Waals surface area contributed by atoms with Crippen LogP contribution in [-0.4, -0.2) is 29.3 Å². The van der Waals surface area contributed by atoms with Crippen molar-refractivity contribution >= 4 is 28.8 Å². The van der Waals surface area contributed by atoms with Crippen LogP contribution in [0.15, 0.2) is 11.4 Å². The minimum atomic E-state index is 0.219. The molecule has 2 rings (SSSR count). The zero-order valence-electron chi connectivity index (χ0n) is 10.8. The summed E-state index contributed by atoms with van der Waals surface area (Å²) in [7, 11) is 0. The predicted octanol–water partition coefficient (Wildman–Crippen LogP) is 3.93. The first-order valence-corrected chi connectivity index (χ1v) is 8.12. The molecule has 0 bridgehead atoms. The Hall–Kier alpha value is -0.540. The summed E-state index contributed by atoms with van der Waals surface area (Å²) in [4.78, 5) is 15.6. The van der Waals surface area contributed by atoms with Gasteiger partial charge in [-0.3, -0.25) is 4.79 Å². The first kappa shape index (κ1) is 13.9. The van der Waals surface area contributed by atoms with Crippen molar-refractivity contribution in [3.63, 3.8) is 0 Å². The van der Waals surface area contributed by atoms with Crippen molar-refractivity contribution < 1.29 is 4.79 Å².